The summed E-state index contributed by atoms with van der Waals surface area (Å²) in [5, 5.41) is 11.2. The van der Waals surface area contributed by atoms with Crippen LogP contribution in [-0.2, 0) is 10.0 Å². The van der Waals surface area contributed by atoms with Crippen LogP contribution in [0.1, 0.15) is 0 Å². The molecule has 0 aromatic heterocycles. The van der Waals surface area contributed by atoms with Crippen LogP contribution in [-0.4, -0.2) is 34.5 Å². The molecule has 2 aromatic rings. The second kappa shape index (κ2) is 7.16. The van der Waals surface area contributed by atoms with E-state index in [-0.39, 0.29) is 22.0 Å². The van der Waals surface area contributed by atoms with E-state index >= 15 is 0 Å². The van der Waals surface area contributed by atoms with E-state index in [0.717, 1.165) is 18.2 Å². The smallest absolute Gasteiger partial charge is 0.273 e. The molecular formula is C15H16ClN3O5S. The molecule has 0 saturated carbocycles. The minimum absolute atomic E-state index is 0.130. The minimum atomic E-state index is -4.05. The van der Waals surface area contributed by atoms with Crippen molar-refractivity contribution in [3.8, 4) is 5.75 Å². The molecule has 2 rings (SSSR count). The fourth-order valence-electron chi connectivity index (χ4n) is 2.24. The molecule has 2 aromatic carbocycles. The van der Waals surface area contributed by atoms with Gasteiger partial charge in [-0.05, 0) is 18.2 Å². The predicted octanol–water partition coefficient (Wildman–Crippen LogP) is 3.12. The Morgan fingerprint density at radius 3 is 2.48 bits per heavy atom. The van der Waals surface area contributed by atoms with Crippen LogP contribution in [0.4, 0.5) is 17.1 Å². The average molecular weight is 386 g/mol. The fraction of sp³-hybridized carbons (Fsp3) is 0.200. The van der Waals surface area contributed by atoms with Crippen molar-refractivity contribution >= 4 is 38.7 Å². The summed E-state index contributed by atoms with van der Waals surface area (Å²) < 4.78 is 32.9. The number of methoxy groups -OCH3 is 1. The number of nitrogens with one attached hydrogen (secondary N) is 1. The van der Waals surface area contributed by atoms with Crippen molar-refractivity contribution in [3.05, 3.63) is 51.5 Å². The zero-order valence-electron chi connectivity index (χ0n) is 13.7. The third-order valence-electron chi connectivity index (χ3n) is 3.33. The lowest BCUT2D eigenvalue weighted by molar-refractivity contribution is -0.385. The summed E-state index contributed by atoms with van der Waals surface area (Å²) in [6.45, 7) is 0. The van der Waals surface area contributed by atoms with Gasteiger partial charge in [0.15, 0.2) is 0 Å². The maximum Gasteiger partial charge on any atom is 0.273 e. The first kappa shape index (κ1) is 18.8. The number of nitro groups is 1. The summed E-state index contributed by atoms with van der Waals surface area (Å²) in [5.74, 6) is -0.130. The van der Waals surface area contributed by atoms with Gasteiger partial charge in [0.2, 0.25) is 0 Å². The normalized spacial score (nSPS) is 11.0. The molecule has 0 aliphatic rings. The Labute approximate surface area is 150 Å². The van der Waals surface area contributed by atoms with Gasteiger partial charge in [0.25, 0.3) is 15.7 Å². The van der Waals surface area contributed by atoms with Crippen molar-refractivity contribution in [1.82, 2.24) is 0 Å². The molecule has 0 amide bonds. The number of benzene rings is 2. The number of anilines is 2. The lowest BCUT2D eigenvalue weighted by atomic mass is 10.2. The molecule has 0 bridgehead atoms. The van der Waals surface area contributed by atoms with Gasteiger partial charge in [0, 0.05) is 20.2 Å². The maximum absolute atomic E-state index is 12.7. The Hall–Kier alpha value is -2.52. The van der Waals surface area contributed by atoms with Crippen molar-refractivity contribution in [2.75, 3.05) is 30.8 Å². The fourth-order valence-corrected chi connectivity index (χ4v) is 3.81. The number of halogens is 1. The number of rotatable bonds is 6. The van der Waals surface area contributed by atoms with E-state index in [1.807, 2.05) is 0 Å². The topological polar surface area (TPSA) is 102 Å². The summed E-state index contributed by atoms with van der Waals surface area (Å²) in [6.07, 6.45) is 0. The van der Waals surface area contributed by atoms with E-state index in [9.17, 15) is 18.5 Å². The van der Waals surface area contributed by atoms with E-state index in [1.54, 1.807) is 37.2 Å². The first-order valence-corrected chi connectivity index (χ1v) is 8.84. The molecule has 8 nitrogen and oxygen atoms in total. The summed E-state index contributed by atoms with van der Waals surface area (Å²) in [7, 11) is 0.640. The zero-order chi connectivity index (χ0) is 18.8. The van der Waals surface area contributed by atoms with E-state index in [2.05, 4.69) is 4.72 Å². The highest BCUT2D eigenvalue weighted by Gasteiger charge is 2.24. The predicted molar refractivity (Wildman–Crippen MR) is 96.2 cm³/mol. The molecule has 0 aliphatic heterocycles. The highest BCUT2D eigenvalue weighted by molar-refractivity contribution is 7.92. The first-order chi connectivity index (χ1) is 11.7. The average Bonchev–Trinajstić information content (AvgIpc) is 2.53. The standard InChI is InChI=1S/C15H16ClN3O5S/c1-18(2)15-11(16)5-4-6-12(15)17-25(22,23)14-8-7-10(19(20)21)9-13(14)24-3/h4-9,17H,1-3H3. The van der Waals surface area contributed by atoms with Crippen molar-refractivity contribution in [1.29, 1.82) is 0 Å². The number of hydrogen-bond donors (Lipinski definition) is 1. The molecule has 1 N–H and O–H groups in total. The van der Waals surface area contributed by atoms with Crippen molar-refractivity contribution in [2.45, 2.75) is 4.90 Å². The number of sulfonamides is 1. The number of para-hydroxylation sites is 1. The van der Waals surface area contributed by atoms with E-state index in [4.69, 9.17) is 16.3 Å². The molecule has 134 valence electrons. The second-order valence-electron chi connectivity index (χ2n) is 5.23. The number of nitro benzene ring substituents is 1. The minimum Gasteiger partial charge on any atom is -0.495 e. The van der Waals surface area contributed by atoms with Crippen LogP contribution in [0.25, 0.3) is 0 Å². The van der Waals surface area contributed by atoms with Gasteiger partial charge in [0.05, 0.1) is 34.5 Å². The Morgan fingerprint density at radius 1 is 1.24 bits per heavy atom. The first-order valence-electron chi connectivity index (χ1n) is 6.98. The van der Waals surface area contributed by atoms with Crippen molar-refractivity contribution in [3.63, 3.8) is 0 Å². The molecule has 0 spiro atoms. The molecule has 10 heteroatoms. The molecule has 0 atom stereocenters. The Bertz CT molecular complexity index is 915. The van der Waals surface area contributed by atoms with Crippen LogP contribution < -0.4 is 14.4 Å². The largest absolute Gasteiger partial charge is 0.495 e. The van der Waals surface area contributed by atoms with Gasteiger partial charge in [-0.3, -0.25) is 14.8 Å². The third-order valence-corrected chi connectivity index (χ3v) is 5.04. The molecule has 0 saturated heterocycles. The van der Waals surface area contributed by atoms with Crippen LogP contribution in [0.5, 0.6) is 5.75 Å². The third kappa shape index (κ3) is 3.94. The lowest BCUT2D eigenvalue weighted by Crippen LogP contribution is -2.18. The van der Waals surface area contributed by atoms with E-state index in [0.29, 0.717) is 10.7 Å². The molecule has 0 aliphatic carbocycles. The van der Waals surface area contributed by atoms with Crippen LogP contribution in [0.3, 0.4) is 0 Å². The molecular weight excluding hydrogens is 370 g/mol. The van der Waals surface area contributed by atoms with Gasteiger partial charge in [-0.2, -0.15) is 0 Å². The summed E-state index contributed by atoms with van der Waals surface area (Å²) in [5.41, 5.74) is 0.499. The molecule has 0 radical (unpaired) electrons. The van der Waals surface area contributed by atoms with Crippen LogP contribution in [0, 0.1) is 10.1 Å². The van der Waals surface area contributed by atoms with Gasteiger partial charge >= 0.3 is 0 Å². The highest BCUT2D eigenvalue weighted by atomic mass is 35.5. The van der Waals surface area contributed by atoms with Gasteiger partial charge in [-0.25, -0.2) is 8.42 Å². The highest BCUT2D eigenvalue weighted by Crippen LogP contribution is 2.35. The summed E-state index contributed by atoms with van der Waals surface area (Å²) >= 11 is 6.14. The quantitative estimate of drug-likeness (QED) is 0.605. The SMILES string of the molecule is COc1cc([N+](=O)[O-])ccc1S(=O)(=O)Nc1cccc(Cl)c1N(C)C. The molecule has 25 heavy (non-hydrogen) atoms. The van der Waals surface area contributed by atoms with Gasteiger partial charge in [-0.15, -0.1) is 0 Å². The molecule has 0 unspecified atom stereocenters. The summed E-state index contributed by atoms with van der Waals surface area (Å²) in [6, 6.07) is 8.10. The number of non-ortho nitro benzene ring substituents is 1. The van der Waals surface area contributed by atoms with Gasteiger partial charge < -0.3 is 9.64 Å². The van der Waals surface area contributed by atoms with E-state index in [1.165, 1.54) is 7.11 Å². The number of ether oxygens (including phenoxy) is 1. The Balaban J connectivity index is 2.51. The van der Waals surface area contributed by atoms with Gasteiger partial charge in [0.1, 0.15) is 10.6 Å². The van der Waals surface area contributed by atoms with E-state index < -0.39 is 14.9 Å². The maximum atomic E-state index is 12.7. The van der Waals surface area contributed by atoms with Gasteiger partial charge in [-0.1, -0.05) is 17.7 Å². The van der Waals surface area contributed by atoms with Crippen LogP contribution in [0.15, 0.2) is 41.3 Å². The zero-order valence-corrected chi connectivity index (χ0v) is 15.3. The van der Waals surface area contributed by atoms with Crippen LogP contribution >= 0.6 is 11.6 Å². The Morgan fingerprint density at radius 2 is 1.92 bits per heavy atom. The second-order valence-corrected chi connectivity index (χ2v) is 7.29. The summed E-state index contributed by atoms with van der Waals surface area (Å²) in [4.78, 5) is 11.7. The monoisotopic (exact) mass is 385 g/mol. The number of hydrogen-bond acceptors (Lipinski definition) is 6. The van der Waals surface area contributed by atoms with Crippen molar-refractivity contribution in [2.24, 2.45) is 0 Å². The molecule has 0 fully saturated rings. The Kier molecular flexibility index (Phi) is 5.39. The molecule has 0 heterocycles. The number of nitrogens with zero attached hydrogens (tertiary/aromatic N) is 2. The van der Waals surface area contributed by atoms with Crippen LogP contribution in [0.2, 0.25) is 5.02 Å². The van der Waals surface area contributed by atoms with Crippen molar-refractivity contribution < 1.29 is 18.1 Å². The lowest BCUT2D eigenvalue weighted by Gasteiger charge is -2.20.